The van der Waals surface area contributed by atoms with Gasteiger partial charge in [0.1, 0.15) is 17.1 Å². The Morgan fingerprint density at radius 2 is 1.77 bits per heavy atom. The molecule has 0 spiro atoms. The van der Waals surface area contributed by atoms with Crippen LogP contribution in [0, 0.1) is 6.92 Å². The maximum absolute atomic E-state index is 5.93. The van der Waals surface area contributed by atoms with Gasteiger partial charge in [0.25, 0.3) is 0 Å². The van der Waals surface area contributed by atoms with Crippen molar-refractivity contribution in [2.45, 2.75) is 13.3 Å². The fourth-order valence-electron chi connectivity index (χ4n) is 3.83. The highest BCUT2D eigenvalue weighted by Crippen LogP contribution is 2.29. The van der Waals surface area contributed by atoms with E-state index in [-0.39, 0.29) is 0 Å². The van der Waals surface area contributed by atoms with Crippen LogP contribution in [-0.2, 0) is 6.42 Å². The minimum absolute atomic E-state index is 0.885. The monoisotopic (exact) mass is 350 g/mol. The largest absolute Gasteiger partial charge is 0.497 e. The summed E-state index contributed by atoms with van der Waals surface area (Å²) in [4.78, 5) is 5.03. The summed E-state index contributed by atoms with van der Waals surface area (Å²) in [5.74, 6) is 1.91. The van der Waals surface area contributed by atoms with Gasteiger partial charge >= 0.3 is 0 Å². The number of benzene rings is 2. The second-order valence-corrected chi connectivity index (χ2v) is 6.91. The molecule has 4 rings (SSSR count). The molecule has 4 heteroatoms. The molecule has 1 fully saturated rings. The summed E-state index contributed by atoms with van der Waals surface area (Å²) in [6, 6.07) is 16.8. The number of anilines is 1. The summed E-state index contributed by atoms with van der Waals surface area (Å²) in [6.07, 6.45) is 1.01. The normalized spacial score (nSPS) is 15.5. The van der Waals surface area contributed by atoms with Gasteiger partial charge in [-0.15, -0.1) is 0 Å². The van der Waals surface area contributed by atoms with E-state index in [1.165, 1.54) is 16.6 Å². The summed E-state index contributed by atoms with van der Waals surface area (Å²) in [6.45, 7) is 7.51. The highest BCUT2D eigenvalue weighted by Gasteiger charge is 2.18. The van der Waals surface area contributed by atoms with Gasteiger partial charge in [0.15, 0.2) is 0 Å². The number of furan rings is 1. The summed E-state index contributed by atoms with van der Waals surface area (Å²) in [7, 11) is 1.71. The first-order chi connectivity index (χ1) is 12.7. The Hall–Kier alpha value is -2.46. The van der Waals surface area contributed by atoms with Gasteiger partial charge in [0, 0.05) is 49.4 Å². The molecular weight excluding hydrogens is 324 g/mol. The lowest BCUT2D eigenvalue weighted by Gasteiger charge is -2.36. The highest BCUT2D eigenvalue weighted by atomic mass is 16.5. The Kier molecular flexibility index (Phi) is 4.85. The first kappa shape index (κ1) is 17.0. The molecule has 1 aromatic heterocycles. The lowest BCUT2D eigenvalue weighted by molar-refractivity contribution is 0.261. The number of fused-ring (bicyclic) bond motifs is 1. The highest BCUT2D eigenvalue weighted by molar-refractivity contribution is 5.83. The van der Waals surface area contributed by atoms with E-state index >= 15 is 0 Å². The quantitative estimate of drug-likeness (QED) is 0.692. The van der Waals surface area contributed by atoms with Crippen LogP contribution in [0.5, 0.6) is 5.75 Å². The van der Waals surface area contributed by atoms with Crippen molar-refractivity contribution in [3.05, 3.63) is 59.9 Å². The number of nitrogens with zero attached hydrogens (tertiary/aromatic N) is 2. The van der Waals surface area contributed by atoms with Gasteiger partial charge in [-0.3, -0.25) is 4.90 Å². The fraction of sp³-hybridized carbons (Fsp3) is 0.364. The Morgan fingerprint density at radius 1 is 1.00 bits per heavy atom. The number of hydrogen-bond donors (Lipinski definition) is 0. The summed E-state index contributed by atoms with van der Waals surface area (Å²) in [5.41, 5.74) is 3.59. The summed E-state index contributed by atoms with van der Waals surface area (Å²) in [5, 5.41) is 1.18. The van der Waals surface area contributed by atoms with Gasteiger partial charge in [0.05, 0.1) is 7.11 Å². The SMILES string of the molecule is COc1ccc2oc(C)c(CCN3CCN(c4ccccc4)CC3)c2c1. The molecule has 136 valence electrons. The van der Waals surface area contributed by atoms with Crippen LogP contribution >= 0.6 is 0 Å². The Morgan fingerprint density at radius 3 is 2.50 bits per heavy atom. The Bertz CT molecular complexity index is 864. The molecular formula is C22H26N2O2. The third kappa shape index (κ3) is 3.42. The van der Waals surface area contributed by atoms with Crippen molar-refractivity contribution in [3.8, 4) is 5.75 Å². The van der Waals surface area contributed by atoms with E-state index in [0.717, 1.165) is 56.2 Å². The molecule has 0 unspecified atom stereocenters. The van der Waals surface area contributed by atoms with E-state index in [9.17, 15) is 0 Å². The molecule has 1 aliphatic heterocycles. The third-order valence-corrected chi connectivity index (χ3v) is 5.37. The van der Waals surface area contributed by atoms with E-state index in [1.807, 2.05) is 12.1 Å². The Balaban J connectivity index is 1.39. The predicted octanol–water partition coefficient (Wildman–Crippen LogP) is 4.11. The molecule has 0 aliphatic carbocycles. The molecule has 1 aliphatic rings. The molecule has 0 atom stereocenters. The van der Waals surface area contributed by atoms with E-state index in [2.05, 4.69) is 53.1 Å². The number of aryl methyl sites for hydroxylation is 1. The number of hydrogen-bond acceptors (Lipinski definition) is 4. The van der Waals surface area contributed by atoms with E-state index < -0.39 is 0 Å². The number of rotatable bonds is 5. The van der Waals surface area contributed by atoms with E-state index in [0.29, 0.717) is 0 Å². The van der Waals surface area contributed by atoms with Crippen molar-refractivity contribution in [1.82, 2.24) is 4.90 Å². The zero-order valence-electron chi connectivity index (χ0n) is 15.6. The molecule has 0 radical (unpaired) electrons. The van der Waals surface area contributed by atoms with Crippen LogP contribution in [0.15, 0.2) is 52.9 Å². The van der Waals surface area contributed by atoms with Crippen molar-refractivity contribution >= 4 is 16.7 Å². The zero-order chi connectivity index (χ0) is 17.9. The topological polar surface area (TPSA) is 28.9 Å². The van der Waals surface area contributed by atoms with Crippen molar-refractivity contribution in [2.24, 2.45) is 0 Å². The minimum atomic E-state index is 0.885. The average molecular weight is 350 g/mol. The first-order valence-electron chi connectivity index (χ1n) is 9.33. The van der Waals surface area contributed by atoms with Crippen LogP contribution in [0.25, 0.3) is 11.0 Å². The average Bonchev–Trinajstić information content (AvgIpc) is 3.01. The van der Waals surface area contributed by atoms with Gasteiger partial charge in [-0.25, -0.2) is 0 Å². The van der Waals surface area contributed by atoms with Gasteiger partial charge in [-0.05, 0) is 43.7 Å². The Labute approximate surface area is 155 Å². The summed E-state index contributed by atoms with van der Waals surface area (Å²) < 4.78 is 11.3. The molecule has 2 aromatic carbocycles. The predicted molar refractivity (Wildman–Crippen MR) is 106 cm³/mol. The zero-order valence-corrected chi connectivity index (χ0v) is 15.6. The molecule has 0 saturated carbocycles. The standard InChI is InChI=1S/C22H26N2O2/c1-17-20(21-16-19(25-2)8-9-22(21)26-17)10-11-23-12-14-24(15-13-23)18-6-4-3-5-7-18/h3-9,16H,10-15H2,1-2H3. The van der Waals surface area contributed by atoms with Gasteiger partial charge in [0.2, 0.25) is 0 Å². The molecule has 2 heterocycles. The minimum Gasteiger partial charge on any atom is -0.497 e. The molecule has 0 bridgehead atoms. The van der Waals surface area contributed by atoms with Crippen LogP contribution in [0.3, 0.4) is 0 Å². The third-order valence-electron chi connectivity index (χ3n) is 5.37. The van der Waals surface area contributed by atoms with Crippen molar-refractivity contribution in [2.75, 3.05) is 44.7 Å². The smallest absolute Gasteiger partial charge is 0.134 e. The maximum Gasteiger partial charge on any atom is 0.134 e. The van der Waals surface area contributed by atoms with Crippen LogP contribution < -0.4 is 9.64 Å². The van der Waals surface area contributed by atoms with Crippen molar-refractivity contribution < 1.29 is 9.15 Å². The molecule has 1 saturated heterocycles. The summed E-state index contributed by atoms with van der Waals surface area (Å²) >= 11 is 0. The van der Waals surface area contributed by atoms with Gasteiger partial charge < -0.3 is 14.1 Å². The van der Waals surface area contributed by atoms with Gasteiger partial charge in [-0.2, -0.15) is 0 Å². The second-order valence-electron chi connectivity index (χ2n) is 6.91. The molecule has 0 N–H and O–H groups in total. The van der Waals surface area contributed by atoms with E-state index in [4.69, 9.17) is 9.15 Å². The molecule has 26 heavy (non-hydrogen) atoms. The fourth-order valence-corrected chi connectivity index (χ4v) is 3.83. The second kappa shape index (κ2) is 7.42. The molecule has 3 aromatic rings. The van der Waals surface area contributed by atoms with Crippen LogP contribution in [0.1, 0.15) is 11.3 Å². The number of para-hydroxylation sites is 1. The molecule has 4 nitrogen and oxygen atoms in total. The number of piperazine rings is 1. The molecule has 0 amide bonds. The number of ether oxygens (including phenoxy) is 1. The van der Waals surface area contributed by atoms with Crippen LogP contribution in [-0.4, -0.2) is 44.7 Å². The first-order valence-corrected chi connectivity index (χ1v) is 9.33. The van der Waals surface area contributed by atoms with Crippen molar-refractivity contribution in [1.29, 1.82) is 0 Å². The van der Waals surface area contributed by atoms with Gasteiger partial charge in [-0.1, -0.05) is 18.2 Å². The van der Waals surface area contributed by atoms with Crippen LogP contribution in [0.2, 0.25) is 0 Å². The maximum atomic E-state index is 5.93. The van der Waals surface area contributed by atoms with Crippen molar-refractivity contribution in [3.63, 3.8) is 0 Å². The lowest BCUT2D eigenvalue weighted by atomic mass is 10.1. The lowest BCUT2D eigenvalue weighted by Crippen LogP contribution is -2.47. The van der Waals surface area contributed by atoms with Crippen LogP contribution in [0.4, 0.5) is 5.69 Å². The number of methoxy groups -OCH3 is 1. The van der Waals surface area contributed by atoms with E-state index in [1.54, 1.807) is 7.11 Å².